The van der Waals surface area contributed by atoms with E-state index in [0.717, 1.165) is 11.4 Å². The van der Waals surface area contributed by atoms with Gasteiger partial charge in [0, 0.05) is 17.4 Å². The lowest BCUT2D eigenvalue weighted by molar-refractivity contribution is 0.0696. The summed E-state index contributed by atoms with van der Waals surface area (Å²) in [6, 6.07) is 10.5. The number of nitrogens with one attached hydrogen (secondary N) is 1. The number of anilines is 2. The van der Waals surface area contributed by atoms with E-state index in [0.29, 0.717) is 18.1 Å². The lowest BCUT2D eigenvalue weighted by atomic mass is 10.2. The van der Waals surface area contributed by atoms with Crippen LogP contribution in [-0.2, 0) is 0 Å². The average Bonchev–Trinajstić information content (AvgIpc) is 2.38. The molecule has 5 heteroatoms. The van der Waals surface area contributed by atoms with Crippen LogP contribution in [0.15, 0.2) is 36.4 Å². The topological polar surface area (TPSA) is 71.5 Å². The monoisotopic (exact) mass is 272 g/mol. The third-order valence-electron chi connectivity index (χ3n) is 2.62. The van der Waals surface area contributed by atoms with Gasteiger partial charge in [-0.3, -0.25) is 0 Å². The molecule has 5 nitrogen and oxygen atoms in total. The summed E-state index contributed by atoms with van der Waals surface area (Å²) in [6.07, 6.45) is 0. The Morgan fingerprint density at radius 1 is 1.35 bits per heavy atom. The summed E-state index contributed by atoms with van der Waals surface area (Å²) in [6.45, 7) is 4.27. The van der Waals surface area contributed by atoms with Gasteiger partial charge in [0.1, 0.15) is 11.6 Å². The number of carbonyl (C=O) groups is 1. The van der Waals surface area contributed by atoms with Gasteiger partial charge in [0.05, 0.1) is 12.2 Å². The van der Waals surface area contributed by atoms with Crippen LogP contribution in [0.5, 0.6) is 5.75 Å². The molecule has 1 aromatic carbocycles. The van der Waals surface area contributed by atoms with Crippen LogP contribution in [0.2, 0.25) is 0 Å². The Morgan fingerprint density at radius 3 is 2.85 bits per heavy atom. The third-order valence-corrected chi connectivity index (χ3v) is 2.62. The summed E-state index contributed by atoms with van der Waals surface area (Å²) >= 11 is 0. The molecule has 2 aromatic rings. The van der Waals surface area contributed by atoms with Gasteiger partial charge in [0.25, 0.3) is 0 Å². The molecule has 1 aromatic heterocycles. The van der Waals surface area contributed by atoms with Crippen LogP contribution in [0.1, 0.15) is 23.0 Å². The van der Waals surface area contributed by atoms with Crippen molar-refractivity contribution in [2.45, 2.75) is 13.8 Å². The molecule has 0 atom stereocenters. The lowest BCUT2D eigenvalue weighted by Crippen LogP contribution is -2.02. The molecule has 0 bridgehead atoms. The van der Waals surface area contributed by atoms with Gasteiger partial charge in [-0.25, -0.2) is 9.78 Å². The minimum Gasteiger partial charge on any atom is -0.494 e. The Bertz CT molecular complexity index is 626. The Balaban J connectivity index is 2.25. The van der Waals surface area contributed by atoms with Crippen LogP contribution in [0.3, 0.4) is 0 Å². The first-order valence-corrected chi connectivity index (χ1v) is 6.30. The SMILES string of the molecule is CCOc1cccc(Nc2cc(C(=O)O)cc(C)n2)c1. The minimum atomic E-state index is -0.971. The molecule has 0 spiro atoms. The fourth-order valence-corrected chi connectivity index (χ4v) is 1.83. The van der Waals surface area contributed by atoms with E-state index in [4.69, 9.17) is 9.84 Å². The maximum Gasteiger partial charge on any atom is 0.335 e. The highest BCUT2D eigenvalue weighted by Gasteiger charge is 2.07. The van der Waals surface area contributed by atoms with Gasteiger partial charge in [-0.1, -0.05) is 6.07 Å². The molecule has 0 aliphatic heterocycles. The molecule has 1 heterocycles. The van der Waals surface area contributed by atoms with Crippen LogP contribution in [0, 0.1) is 6.92 Å². The van der Waals surface area contributed by atoms with Gasteiger partial charge in [-0.15, -0.1) is 0 Å². The van der Waals surface area contributed by atoms with Crippen molar-refractivity contribution in [3.05, 3.63) is 47.7 Å². The highest BCUT2D eigenvalue weighted by atomic mass is 16.5. The van der Waals surface area contributed by atoms with Gasteiger partial charge in [-0.2, -0.15) is 0 Å². The highest BCUT2D eigenvalue weighted by molar-refractivity contribution is 5.88. The summed E-state index contributed by atoms with van der Waals surface area (Å²) in [5.74, 6) is 0.279. The van der Waals surface area contributed by atoms with Crippen molar-refractivity contribution in [1.82, 2.24) is 4.98 Å². The predicted molar refractivity (Wildman–Crippen MR) is 76.8 cm³/mol. The van der Waals surface area contributed by atoms with Crippen LogP contribution in [0.4, 0.5) is 11.5 Å². The number of nitrogens with zero attached hydrogens (tertiary/aromatic N) is 1. The molecule has 2 rings (SSSR count). The van der Waals surface area contributed by atoms with E-state index in [9.17, 15) is 4.79 Å². The minimum absolute atomic E-state index is 0.209. The average molecular weight is 272 g/mol. The molecular formula is C15H16N2O3. The molecule has 104 valence electrons. The van der Waals surface area contributed by atoms with E-state index in [1.165, 1.54) is 12.1 Å². The summed E-state index contributed by atoms with van der Waals surface area (Å²) in [5.41, 5.74) is 1.65. The number of aromatic nitrogens is 1. The van der Waals surface area contributed by atoms with Gasteiger partial charge < -0.3 is 15.2 Å². The van der Waals surface area contributed by atoms with E-state index in [-0.39, 0.29) is 5.56 Å². The summed E-state index contributed by atoms with van der Waals surface area (Å²) in [7, 11) is 0. The maximum atomic E-state index is 11.0. The first-order chi connectivity index (χ1) is 9.58. The molecule has 0 unspecified atom stereocenters. The zero-order valence-corrected chi connectivity index (χ0v) is 11.4. The number of rotatable bonds is 5. The van der Waals surface area contributed by atoms with Crippen molar-refractivity contribution in [3.8, 4) is 5.75 Å². The number of ether oxygens (including phenoxy) is 1. The number of carboxylic acids is 1. The zero-order chi connectivity index (χ0) is 14.5. The van der Waals surface area contributed by atoms with Crippen molar-refractivity contribution in [2.24, 2.45) is 0 Å². The lowest BCUT2D eigenvalue weighted by Gasteiger charge is -2.09. The van der Waals surface area contributed by atoms with Gasteiger partial charge >= 0.3 is 5.97 Å². The Kier molecular flexibility index (Phi) is 4.20. The highest BCUT2D eigenvalue weighted by Crippen LogP contribution is 2.21. The van der Waals surface area contributed by atoms with Gasteiger partial charge in [0.2, 0.25) is 0 Å². The van der Waals surface area contributed by atoms with Gasteiger partial charge in [-0.05, 0) is 38.1 Å². The number of carboxylic acid groups (broad SMARTS) is 1. The predicted octanol–water partition coefficient (Wildman–Crippen LogP) is 3.23. The third kappa shape index (κ3) is 3.47. The molecule has 0 aliphatic carbocycles. The second kappa shape index (κ2) is 6.06. The summed E-state index contributed by atoms with van der Waals surface area (Å²) in [4.78, 5) is 15.3. The van der Waals surface area contributed by atoms with Crippen molar-refractivity contribution in [2.75, 3.05) is 11.9 Å². The number of aromatic carboxylic acids is 1. The normalized spacial score (nSPS) is 10.1. The van der Waals surface area contributed by atoms with E-state index in [1.54, 1.807) is 6.92 Å². The maximum absolute atomic E-state index is 11.0. The number of aryl methyl sites for hydroxylation is 1. The molecular weight excluding hydrogens is 256 g/mol. The Labute approximate surface area is 117 Å². The largest absolute Gasteiger partial charge is 0.494 e. The number of hydrogen-bond donors (Lipinski definition) is 2. The van der Waals surface area contributed by atoms with Crippen LogP contribution in [0.25, 0.3) is 0 Å². The van der Waals surface area contributed by atoms with Gasteiger partial charge in [0.15, 0.2) is 0 Å². The van der Waals surface area contributed by atoms with Crippen LogP contribution < -0.4 is 10.1 Å². The molecule has 20 heavy (non-hydrogen) atoms. The quantitative estimate of drug-likeness (QED) is 0.874. The number of pyridine rings is 1. The van der Waals surface area contributed by atoms with Crippen molar-refractivity contribution in [3.63, 3.8) is 0 Å². The number of benzene rings is 1. The van der Waals surface area contributed by atoms with Crippen LogP contribution >= 0.6 is 0 Å². The second-order valence-electron chi connectivity index (χ2n) is 4.27. The molecule has 2 N–H and O–H groups in total. The van der Waals surface area contributed by atoms with Crippen LogP contribution in [-0.4, -0.2) is 22.7 Å². The molecule has 0 amide bonds. The Hall–Kier alpha value is -2.56. The molecule has 0 aliphatic rings. The van der Waals surface area contributed by atoms with E-state index >= 15 is 0 Å². The molecule has 0 saturated heterocycles. The molecule has 0 radical (unpaired) electrons. The standard InChI is InChI=1S/C15H16N2O3/c1-3-20-13-6-4-5-12(9-13)17-14-8-11(15(18)19)7-10(2)16-14/h4-9H,3H2,1-2H3,(H,16,17)(H,18,19). The van der Waals surface area contributed by atoms with Crippen molar-refractivity contribution in [1.29, 1.82) is 0 Å². The summed E-state index contributed by atoms with van der Waals surface area (Å²) < 4.78 is 5.42. The fraction of sp³-hybridized carbons (Fsp3) is 0.200. The first kappa shape index (κ1) is 13.9. The fourth-order valence-electron chi connectivity index (χ4n) is 1.83. The zero-order valence-electron chi connectivity index (χ0n) is 11.4. The van der Waals surface area contributed by atoms with E-state index in [1.807, 2.05) is 31.2 Å². The first-order valence-electron chi connectivity index (χ1n) is 6.30. The number of hydrogen-bond acceptors (Lipinski definition) is 4. The van der Waals surface area contributed by atoms with E-state index in [2.05, 4.69) is 10.3 Å². The Morgan fingerprint density at radius 2 is 2.15 bits per heavy atom. The molecule has 0 saturated carbocycles. The smallest absolute Gasteiger partial charge is 0.335 e. The van der Waals surface area contributed by atoms with E-state index < -0.39 is 5.97 Å². The summed E-state index contributed by atoms with van der Waals surface area (Å²) in [5, 5.41) is 12.1. The molecule has 0 fully saturated rings. The van der Waals surface area contributed by atoms with Crippen molar-refractivity contribution < 1.29 is 14.6 Å². The van der Waals surface area contributed by atoms with Crippen molar-refractivity contribution >= 4 is 17.5 Å². The second-order valence-corrected chi connectivity index (χ2v) is 4.27.